The molecule has 2 aromatic carbocycles. The molecule has 4 rings (SSSR count). The molecular weight excluding hydrogens is 274 g/mol. The van der Waals surface area contributed by atoms with Crippen molar-refractivity contribution in [1.29, 1.82) is 0 Å². The molecule has 2 heterocycles. The van der Waals surface area contributed by atoms with Crippen LogP contribution in [0.5, 0.6) is 0 Å². The summed E-state index contributed by atoms with van der Waals surface area (Å²) in [5.41, 5.74) is 3.05. The first-order valence-corrected chi connectivity index (χ1v) is 7.33. The Morgan fingerprint density at radius 2 is 1.95 bits per heavy atom. The van der Waals surface area contributed by atoms with E-state index in [1.165, 1.54) is 0 Å². The number of aryl methyl sites for hydroxylation is 1. The maximum atomic E-state index is 11.4. The number of fused-ring (bicyclic) bond motifs is 2. The molecular formula is C18H15N3O. The van der Waals surface area contributed by atoms with Gasteiger partial charge in [-0.25, -0.2) is 4.98 Å². The predicted octanol–water partition coefficient (Wildman–Crippen LogP) is 3.86. The van der Waals surface area contributed by atoms with E-state index in [4.69, 9.17) is 0 Å². The Balaban J connectivity index is 1.70. The lowest BCUT2D eigenvalue weighted by atomic mass is 10.0. The van der Waals surface area contributed by atoms with Crippen molar-refractivity contribution in [3.63, 3.8) is 0 Å². The van der Waals surface area contributed by atoms with E-state index in [1.54, 1.807) is 0 Å². The lowest BCUT2D eigenvalue weighted by Crippen LogP contribution is -2.18. The molecule has 0 fully saturated rings. The van der Waals surface area contributed by atoms with Crippen molar-refractivity contribution < 1.29 is 4.79 Å². The summed E-state index contributed by atoms with van der Waals surface area (Å²) in [7, 11) is 0. The van der Waals surface area contributed by atoms with Gasteiger partial charge in [-0.15, -0.1) is 0 Å². The van der Waals surface area contributed by atoms with Gasteiger partial charge in [-0.05, 0) is 41.6 Å². The monoisotopic (exact) mass is 289 g/mol. The van der Waals surface area contributed by atoms with Crippen LogP contribution in [0.2, 0.25) is 0 Å². The second-order valence-corrected chi connectivity index (χ2v) is 5.43. The Morgan fingerprint density at radius 3 is 2.91 bits per heavy atom. The zero-order chi connectivity index (χ0) is 14.9. The number of amides is 1. The van der Waals surface area contributed by atoms with Crippen molar-refractivity contribution in [2.24, 2.45) is 0 Å². The second-order valence-electron chi connectivity index (χ2n) is 5.43. The molecule has 2 N–H and O–H groups in total. The first kappa shape index (κ1) is 12.8. The van der Waals surface area contributed by atoms with E-state index in [0.29, 0.717) is 6.42 Å². The number of carbonyl (C=O) groups excluding carboxylic acids is 1. The minimum absolute atomic E-state index is 0.0870. The number of nitrogens with one attached hydrogen (secondary N) is 2. The van der Waals surface area contributed by atoms with Crippen LogP contribution >= 0.6 is 0 Å². The third kappa shape index (κ3) is 2.29. The molecule has 4 nitrogen and oxygen atoms in total. The maximum Gasteiger partial charge on any atom is 0.224 e. The Labute approximate surface area is 128 Å². The first-order valence-electron chi connectivity index (χ1n) is 7.33. The average Bonchev–Trinajstić information content (AvgIpc) is 2.55. The van der Waals surface area contributed by atoms with Gasteiger partial charge in [-0.1, -0.05) is 24.3 Å². The summed E-state index contributed by atoms with van der Waals surface area (Å²) in [6.07, 6.45) is 3.13. The van der Waals surface area contributed by atoms with Crippen molar-refractivity contribution in [2.45, 2.75) is 12.8 Å². The number of hydrogen-bond acceptors (Lipinski definition) is 3. The Kier molecular flexibility index (Phi) is 3.00. The molecule has 0 aliphatic carbocycles. The molecule has 0 saturated carbocycles. The average molecular weight is 289 g/mol. The minimum atomic E-state index is 0.0870. The molecule has 0 bridgehead atoms. The van der Waals surface area contributed by atoms with E-state index in [2.05, 4.69) is 33.8 Å². The van der Waals surface area contributed by atoms with Crippen molar-refractivity contribution in [2.75, 3.05) is 10.6 Å². The number of rotatable bonds is 2. The largest absolute Gasteiger partial charge is 0.340 e. The molecule has 4 heteroatoms. The normalized spacial score (nSPS) is 13.5. The van der Waals surface area contributed by atoms with Gasteiger partial charge in [0, 0.05) is 29.4 Å². The van der Waals surface area contributed by atoms with E-state index < -0.39 is 0 Å². The standard InChI is InChI=1S/C18H15N3O/c22-17-8-5-13-11-14(6-7-16(13)21-17)20-18-15-4-2-1-3-12(15)9-10-19-18/h1-4,6-7,9-11H,5,8H2,(H,19,20)(H,21,22). The van der Waals surface area contributed by atoms with Gasteiger partial charge in [0.2, 0.25) is 5.91 Å². The first-order chi connectivity index (χ1) is 10.8. The molecule has 3 aromatic rings. The molecule has 108 valence electrons. The number of hydrogen-bond donors (Lipinski definition) is 2. The summed E-state index contributed by atoms with van der Waals surface area (Å²) in [4.78, 5) is 15.9. The van der Waals surface area contributed by atoms with Gasteiger partial charge in [-0.2, -0.15) is 0 Å². The number of benzene rings is 2. The topological polar surface area (TPSA) is 54.0 Å². The fraction of sp³-hybridized carbons (Fsp3) is 0.111. The van der Waals surface area contributed by atoms with Crippen molar-refractivity contribution in [3.05, 3.63) is 60.3 Å². The number of aromatic nitrogens is 1. The Morgan fingerprint density at radius 1 is 1.05 bits per heavy atom. The number of carbonyl (C=O) groups is 1. The number of pyridine rings is 1. The quantitative estimate of drug-likeness (QED) is 0.753. The fourth-order valence-electron chi connectivity index (χ4n) is 2.82. The van der Waals surface area contributed by atoms with Gasteiger partial charge in [-0.3, -0.25) is 4.79 Å². The van der Waals surface area contributed by atoms with E-state index >= 15 is 0 Å². The van der Waals surface area contributed by atoms with E-state index in [1.807, 2.05) is 36.5 Å². The Bertz CT molecular complexity index is 868. The fourth-order valence-corrected chi connectivity index (χ4v) is 2.82. The summed E-state index contributed by atoms with van der Waals surface area (Å²) in [6.45, 7) is 0. The van der Waals surface area contributed by atoms with Crippen molar-refractivity contribution in [1.82, 2.24) is 4.98 Å². The van der Waals surface area contributed by atoms with Crippen LogP contribution in [0.1, 0.15) is 12.0 Å². The highest BCUT2D eigenvalue weighted by molar-refractivity contribution is 5.95. The molecule has 1 amide bonds. The highest BCUT2D eigenvalue weighted by Gasteiger charge is 2.15. The SMILES string of the molecule is O=C1CCc2cc(Nc3nccc4ccccc34)ccc2N1. The second kappa shape index (κ2) is 5.15. The van der Waals surface area contributed by atoms with Crippen LogP contribution in [0.15, 0.2) is 54.7 Å². The Hall–Kier alpha value is -2.88. The van der Waals surface area contributed by atoms with Crippen LogP contribution in [0.3, 0.4) is 0 Å². The van der Waals surface area contributed by atoms with Crippen molar-refractivity contribution >= 4 is 33.9 Å². The van der Waals surface area contributed by atoms with Gasteiger partial charge in [0.05, 0.1) is 0 Å². The highest BCUT2D eigenvalue weighted by atomic mass is 16.1. The zero-order valence-electron chi connectivity index (χ0n) is 12.0. The molecule has 0 radical (unpaired) electrons. The zero-order valence-corrected chi connectivity index (χ0v) is 12.0. The van der Waals surface area contributed by atoms with E-state index in [0.717, 1.165) is 39.9 Å². The third-order valence-electron chi connectivity index (χ3n) is 3.94. The lowest BCUT2D eigenvalue weighted by Gasteiger charge is -2.18. The summed E-state index contributed by atoms with van der Waals surface area (Å²) >= 11 is 0. The minimum Gasteiger partial charge on any atom is -0.340 e. The molecule has 0 atom stereocenters. The summed E-state index contributed by atoms with van der Waals surface area (Å²) in [6, 6.07) is 16.2. The summed E-state index contributed by atoms with van der Waals surface area (Å²) in [5, 5.41) is 8.53. The van der Waals surface area contributed by atoms with Crippen LogP contribution in [-0.2, 0) is 11.2 Å². The molecule has 0 saturated heterocycles. The smallest absolute Gasteiger partial charge is 0.224 e. The van der Waals surface area contributed by atoms with Gasteiger partial charge >= 0.3 is 0 Å². The lowest BCUT2D eigenvalue weighted by molar-refractivity contribution is -0.116. The summed E-state index contributed by atoms with van der Waals surface area (Å²) in [5.74, 6) is 0.932. The molecule has 1 aromatic heterocycles. The molecule has 0 spiro atoms. The van der Waals surface area contributed by atoms with Gasteiger partial charge in [0.25, 0.3) is 0 Å². The highest BCUT2D eigenvalue weighted by Crippen LogP contribution is 2.29. The van der Waals surface area contributed by atoms with Crippen LogP contribution in [-0.4, -0.2) is 10.9 Å². The molecule has 1 aliphatic rings. The predicted molar refractivity (Wildman–Crippen MR) is 88.4 cm³/mol. The molecule has 0 unspecified atom stereocenters. The third-order valence-corrected chi connectivity index (χ3v) is 3.94. The number of anilines is 3. The van der Waals surface area contributed by atoms with Crippen molar-refractivity contribution in [3.8, 4) is 0 Å². The van der Waals surface area contributed by atoms with Crippen LogP contribution in [0.4, 0.5) is 17.2 Å². The van der Waals surface area contributed by atoms with E-state index in [-0.39, 0.29) is 5.91 Å². The van der Waals surface area contributed by atoms with Gasteiger partial charge in [0.15, 0.2) is 0 Å². The summed E-state index contributed by atoms with van der Waals surface area (Å²) < 4.78 is 0. The van der Waals surface area contributed by atoms with Crippen LogP contribution < -0.4 is 10.6 Å². The van der Waals surface area contributed by atoms with E-state index in [9.17, 15) is 4.79 Å². The molecule has 1 aliphatic heterocycles. The number of nitrogens with zero attached hydrogens (tertiary/aromatic N) is 1. The molecule has 22 heavy (non-hydrogen) atoms. The van der Waals surface area contributed by atoms with Crippen LogP contribution in [0.25, 0.3) is 10.8 Å². The van der Waals surface area contributed by atoms with Crippen LogP contribution in [0, 0.1) is 0 Å². The van der Waals surface area contributed by atoms with Gasteiger partial charge in [0.1, 0.15) is 5.82 Å². The maximum absolute atomic E-state index is 11.4. The van der Waals surface area contributed by atoms with Gasteiger partial charge < -0.3 is 10.6 Å².